The molecule has 2 aromatic heterocycles. The van der Waals surface area contributed by atoms with E-state index in [9.17, 15) is 14.9 Å². The fraction of sp³-hybridized carbons (Fsp3) is 0.273. The minimum Gasteiger partial charge on any atom is -0.372 e. The van der Waals surface area contributed by atoms with Crippen molar-refractivity contribution < 1.29 is 9.72 Å². The van der Waals surface area contributed by atoms with Crippen molar-refractivity contribution in [2.24, 2.45) is 7.05 Å². The van der Waals surface area contributed by atoms with Gasteiger partial charge >= 0.3 is 0 Å². The van der Waals surface area contributed by atoms with Crippen LogP contribution >= 0.6 is 0 Å². The molecule has 2 N–H and O–H groups in total. The number of hydrogen-bond acceptors (Lipinski definition) is 7. The van der Waals surface area contributed by atoms with E-state index in [0.29, 0.717) is 5.82 Å². The summed E-state index contributed by atoms with van der Waals surface area (Å²) in [4.78, 5) is 26.1. The fourth-order valence-corrected chi connectivity index (χ4v) is 1.65. The van der Waals surface area contributed by atoms with Crippen LogP contribution in [0.25, 0.3) is 0 Å². The number of carbonyl (C=O) groups excluding carboxylic acids is 1. The van der Waals surface area contributed by atoms with Gasteiger partial charge in [0.05, 0.1) is 17.0 Å². The third-order valence-corrected chi connectivity index (χ3v) is 2.78. The maximum absolute atomic E-state index is 12.1. The number of hydrogen-bond donors (Lipinski definition) is 2. The molecule has 0 bridgehead atoms. The molecule has 0 unspecified atom stereocenters. The summed E-state index contributed by atoms with van der Waals surface area (Å²) in [5, 5.41) is 23.6. The van der Waals surface area contributed by atoms with E-state index in [1.165, 1.54) is 12.4 Å². The van der Waals surface area contributed by atoms with Crippen molar-refractivity contribution in [1.29, 1.82) is 0 Å². The highest BCUT2D eigenvalue weighted by atomic mass is 16.6. The molecule has 2 aromatic rings. The molecule has 0 atom stereocenters. The van der Waals surface area contributed by atoms with Gasteiger partial charge in [-0.2, -0.15) is 0 Å². The Bertz CT molecular complexity index is 682. The molecule has 0 saturated carbocycles. The average molecular weight is 291 g/mol. The van der Waals surface area contributed by atoms with Crippen molar-refractivity contribution in [2.45, 2.75) is 6.54 Å². The summed E-state index contributed by atoms with van der Waals surface area (Å²) in [6, 6.07) is 1.17. The van der Waals surface area contributed by atoms with E-state index in [1.54, 1.807) is 18.7 Å². The Balaban J connectivity index is 2.19. The predicted molar refractivity (Wildman–Crippen MR) is 72.6 cm³/mol. The number of rotatable bonds is 5. The van der Waals surface area contributed by atoms with Gasteiger partial charge in [-0.15, -0.1) is 10.2 Å². The molecule has 21 heavy (non-hydrogen) atoms. The number of pyridine rings is 1. The van der Waals surface area contributed by atoms with Crippen molar-refractivity contribution in [3.05, 3.63) is 40.1 Å². The standard InChI is InChI=1S/C11H13N7O3/c1-12-10-8(3-7(4-13-10)18(20)21)11(19)14-5-9-16-15-6-17(9)2/h3-4,6H,5H2,1-2H3,(H,12,13)(H,14,19). The summed E-state index contributed by atoms with van der Waals surface area (Å²) in [7, 11) is 3.32. The van der Waals surface area contributed by atoms with E-state index < -0.39 is 10.8 Å². The van der Waals surface area contributed by atoms with Crippen molar-refractivity contribution in [3.8, 4) is 0 Å². The molecular weight excluding hydrogens is 278 g/mol. The van der Waals surface area contributed by atoms with Gasteiger partial charge in [0.25, 0.3) is 11.6 Å². The van der Waals surface area contributed by atoms with Crippen molar-refractivity contribution in [2.75, 3.05) is 12.4 Å². The monoisotopic (exact) mass is 291 g/mol. The molecule has 0 aromatic carbocycles. The molecule has 2 heterocycles. The van der Waals surface area contributed by atoms with E-state index in [-0.39, 0.29) is 23.6 Å². The second-order valence-electron chi connectivity index (χ2n) is 4.14. The van der Waals surface area contributed by atoms with Crippen LogP contribution in [-0.2, 0) is 13.6 Å². The van der Waals surface area contributed by atoms with Crippen LogP contribution in [0.15, 0.2) is 18.6 Å². The summed E-state index contributed by atoms with van der Waals surface area (Å²) in [5.74, 6) is 0.336. The predicted octanol–water partition coefficient (Wildman–Crippen LogP) is 0.0900. The van der Waals surface area contributed by atoms with Crippen molar-refractivity contribution in [3.63, 3.8) is 0 Å². The highest BCUT2D eigenvalue weighted by Gasteiger charge is 2.17. The van der Waals surface area contributed by atoms with Gasteiger partial charge in [0, 0.05) is 20.2 Å². The molecule has 0 fully saturated rings. The van der Waals surface area contributed by atoms with Crippen LogP contribution in [0.4, 0.5) is 11.5 Å². The zero-order valence-electron chi connectivity index (χ0n) is 11.4. The number of aryl methyl sites for hydroxylation is 1. The first-order chi connectivity index (χ1) is 10.0. The molecule has 10 nitrogen and oxygen atoms in total. The van der Waals surface area contributed by atoms with Gasteiger partial charge in [0.2, 0.25) is 0 Å². The summed E-state index contributed by atoms with van der Waals surface area (Å²) >= 11 is 0. The number of nitro groups is 1. The number of amides is 1. The first kappa shape index (κ1) is 14.4. The Morgan fingerprint density at radius 1 is 1.52 bits per heavy atom. The smallest absolute Gasteiger partial charge is 0.288 e. The molecule has 10 heteroatoms. The molecule has 0 saturated heterocycles. The molecule has 2 rings (SSSR count). The molecule has 0 aliphatic heterocycles. The zero-order chi connectivity index (χ0) is 15.4. The van der Waals surface area contributed by atoms with Crippen LogP contribution in [0.3, 0.4) is 0 Å². The molecule has 0 aliphatic carbocycles. The van der Waals surface area contributed by atoms with Crippen LogP contribution in [0.5, 0.6) is 0 Å². The first-order valence-electron chi connectivity index (χ1n) is 5.96. The van der Waals surface area contributed by atoms with E-state index in [1.807, 2.05) is 0 Å². The number of nitrogens with zero attached hydrogens (tertiary/aromatic N) is 5. The van der Waals surface area contributed by atoms with Gasteiger partial charge in [-0.3, -0.25) is 14.9 Å². The summed E-state index contributed by atoms with van der Waals surface area (Å²) in [6.45, 7) is 0.154. The van der Waals surface area contributed by atoms with Crippen molar-refractivity contribution >= 4 is 17.4 Å². The maximum atomic E-state index is 12.1. The molecule has 0 radical (unpaired) electrons. The number of aromatic nitrogens is 4. The maximum Gasteiger partial charge on any atom is 0.288 e. The first-order valence-corrected chi connectivity index (χ1v) is 5.96. The molecular formula is C11H13N7O3. The van der Waals surface area contributed by atoms with E-state index in [2.05, 4.69) is 25.8 Å². The Kier molecular flexibility index (Phi) is 4.07. The van der Waals surface area contributed by atoms with Crippen LogP contribution < -0.4 is 10.6 Å². The second kappa shape index (κ2) is 5.94. The third kappa shape index (κ3) is 3.11. The Hall–Kier alpha value is -3.04. The zero-order valence-corrected chi connectivity index (χ0v) is 11.4. The lowest BCUT2D eigenvalue weighted by atomic mass is 10.2. The molecule has 0 aliphatic rings. The number of anilines is 1. The summed E-state index contributed by atoms with van der Waals surface area (Å²) in [5.41, 5.74) is -0.160. The van der Waals surface area contributed by atoms with Crippen LogP contribution in [-0.4, -0.2) is 37.6 Å². The number of carbonyl (C=O) groups is 1. The minimum atomic E-state index is -0.605. The Morgan fingerprint density at radius 3 is 2.86 bits per heavy atom. The lowest BCUT2D eigenvalue weighted by Gasteiger charge is -2.08. The topological polar surface area (TPSA) is 128 Å². The van der Waals surface area contributed by atoms with Crippen LogP contribution in [0, 0.1) is 10.1 Å². The highest BCUT2D eigenvalue weighted by molar-refractivity contribution is 5.99. The number of nitrogens with one attached hydrogen (secondary N) is 2. The van der Waals surface area contributed by atoms with Crippen molar-refractivity contribution in [1.82, 2.24) is 25.1 Å². The molecule has 110 valence electrons. The van der Waals surface area contributed by atoms with E-state index in [0.717, 1.165) is 6.20 Å². The molecule has 1 amide bonds. The average Bonchev–Trinajstić information content (AvgIpc) is 2.89. The van der Waals surface area contributed by atoms with E-state index in [4.69, 9.17) is 0 Å². The highest BCUT2D eigenvalue weighted by Crippen LogP contribution is 2.18. The van der Waals surface area contributed by atoms with Gasteiger partial charge in [0.15, 0.2) is 5.82 Å². The SMILES string of the molecule is CNc1ncc([N+](=O)[O-])cc1C(=O)NCc1nncn1C. The van der Waals surface area contributed by atoms with Gasteiger partial charge in [-0.25, -0.2) is 4.98 Å². The van der Waals surface area contributed by atoms with Crippen LogP contribution in [0.2, 0.25) is 0 Å². The lowest BCUT2D eigenvalue weighted by molar-refractivity contribution is -0.385. The second-order valence-corrected chi connectivity index (χ2v) is 4.14. The summed E-state index contributed by atoms with van der Waals surface area (Å²) in [6.07, 6.45) is 2.60. The van der Waals surface area contributed by atoms with Gasteiger partial charge < -0.3 is 15.2 Å². The summed E-state index contributed by atoms with van der Waals surface area (Å²) < 4.78 is 1.66. The molecule has 0 spiro atoms. The van der Waals surface area contributed by atoms with Gasteiger partial charge in [-0.1, -0.05) is 0 Å². The quantitative estimate of drug-likeness (QED) is 0.590. The Labute approximate surface area is 119 Å². The van der Waals surface area contributed by atoms with E-state index >= 15 is 0 Å². The van der Waals surface area contributed by atoms with Crippen LogP contribution in [0.1, 0.15) is 16.2 Å². The third-order valence-electron chi connectivity index (χ3n) is 2.78. The van der Waals surface area contributed by atoms with Gasteiger partial charge in [-0.05, 0) is 0 Å². The minimum absolute atomic E-state index is 0.0915. The van der Waals surface area contributed by atoms with Gasteiger partial charge in [0.1, 0.15) is 18.3 Å². The fourth-order valence-electron chi connectivity index (χ4n) is 1.65. The Morgan fingerprint density at radius 2 is 2.29 bits per heavy atom. The largest absolute Gasteiger partial charge is 0.372 e. The lowest BCUT2D eigenvalue weighted by Crippen LogP contribution is -2.25. The normalized spacial score (nSPS) is 10.2.